The van der Waals surface area contributed by atoms with Gasteiger partial charge in [0, 0.05) is 53.7 Å². The van der Waals surface area contributed by atoms with Crippen LogP contribution in [-0.2, 0) is 4.79 Å². The van der Waals surface area contributed by atoms with E-state index in [0.29, 0.717) is 22.6 Å². The molecule has 1 aromatic heterocycles. The second-order valence-corrected chi connectivity index (χ2v) is 7.86. The molecule has 2 heterocycles. The van der Waals surface area contributed by atoms with Crippen LogP contribution < -0.4 is 16.4 Å². The maximum Gasteiger partial charge on any atom is 0.253 e. The van der Waals surface area contributed by atoms with E-state index in [4.69, 9.17) is 16.4 Å². The van der Waals surface area contributed by atoms with Crippen molar-refractivity contribution in [2.24, 2.45) is 5.73 Å². The first kappa shape index (κ1) is 24.2. The molecule has 1 aliphatic rings. The van der Waals surface area contributed by atoms with Gasteiger partial charge in [0.1, 0.15) is 0 Å². The molecule has 0 radical (unpaired) electrons. The predicted octanol–water partition coefficient (Wildman–Crippen LogP) is 3.47. The third-order valence-corrected chi connectivity index (χ3v) is 5.47. The van der Waals surface area contributed by atoms with Crippen molar-refractivity contribution in [1.82, 2.24) is 20.2 Å². The topological polar surface area (TPSA) is 113 Å². The van der Waals surface area contributed by atoms with Crippen molar-refractivity contribution in [2.75, 3.05) is 25.0 Å². The number of carbonyl (C=O) groups is 2. The molecule has 4 rings (SSSR count). The van der Waals surface area contributed by atoms with Gasteiger partial charge >= 0.3 is 0 Å². The van der Waals surface area contributed by atoms with Gasteiger partial charge in [-0.25, -0.2) is 9.97 Å². The molecule has 172 valence electrons. The van der Waals surface area contributed by atoms with Crippen molar-refractivity contribution in [2.45, 2.75) is 19.4 Å². The van der Waals surface area contributed by atoms with E-state index in [1.165, 1.54) is 0 Å². The highest BCUT2D eigenvalue weighted by molar-refractivity contribution is 6.30. The van der Waals surface area contributed by atoms with E-state index in [0.717, 1.165) is 43.0 Å². The van der Waals surface area contributed by atoms with E-state index in [-0.39, 0.29) is 12.3 Å². The Bertz CT molecular complexity index is 1060. The van der Waals surface area contributed by atoms with Crippen LogP contribution in [-0.4, -0.2) is 52.9 Å². The van der Waals surface area contributed by atoms with Crippen LogP contribution in [0.4, 0.5) is 11.6 Å². The lowest BCUT2D eigenvalue weighted by molar-refractivity contribution is -0.106. The minimum Gasteiger partial charge on any atom is -0.372 e. The highest BCUT2D eigenvalue weighted by Gasteiger charge is 2.22. The maximum absolute atomic E-state index is 12.8. The third-order valence-electron chi connectivity index (χ3n) is 5.22. The highest BCUT2D eigenvalue weighted by Crippen LogP contribution is 2.22. The molecule has 2 aromatic carbocycles. The summed E-state index contributed by atoms with van der Waals surface area (Å²) in [4.78, 5) is 32.2. The number of hydrogen-bond acceptors (Lipinski definition) is 6. The molecule has 3 aromatic rings. The van der Waals surface area contributed by atoms with Gasteiger partial charge in [-0.05, 0) is 48.9 Å². The number of carbonyl (C=O) groups excluding carboxylic acids is 2. The maximum atomic E-state index is 12.8. The van der Waals surface area contributed by atoms with Gasteiger partial charge in [0.25, 0.3) is 5.91 Å². The predicted molar refractivity (Wildman–Crippen MR) is 130 cm³/mol. The molecule has 33 heavy (non-hydrogen) atoms. The van der Waals surface area contributed by atoms with Crippen molar-refractivity contribution in [1.29, 1.82) is 0 Å². The Balaban J connectivity index is 0.000000968. The lowest BCUT2D eigenvalue weighted by Crippen LogP contribution is -2.52. The number of anilines is 2. The molecule has 0 aliphatic carbocycles. The molecule has 1 atom stereocenters. The van der Waals surface area contributed by atoms with Crippen molar-refractivity contribution in [3.05, 3.63) is 71.4 Å². The number of primary amides is 1. The Kier molecular flexibility index (Phi) is 8.74. The minimum atomic E-state index is 0.0717. The van der Waals surface area contributed by atoms with E-state index in [2.05, 4.69) is 33.3 Å². The summed E-state index contributed by atoms with van der Waals surface area (Å²) < 4.78 is 0. The number of piperazine rings is 1. The molecule has 1 fully saturated rings. The highest BCUT2D eigenvalue weighted by atomic mass is 35.5. The van der Waals surface area contributed by atoms with Crippen LogP contribution in [0.5, 0.6) is 0 Å². The fraction of sp³-hybridized carbons (Fsp3) is 0.250. The zero-order valence-corrected chi connectivity index (χ0v) is 19.1. The van der Waals surface area contributed by atoms with Gasteiger partial charge < -0.3 is 21.3 Å². The number of rotatable bonds is 5. The number of hydrogen-bond donors (Lipinski definition) is 3. The summed E-state index contributed by atoms with van der Waals surface area (Å²) in [6.45, 7) is 4.46. The number of halogens is 1. The molecule has 0 spiro atoms. The Morgan fingerprint density at radius 2 is 1.91 bits per heavy atom. The first-order chi connectivity index (χ1) is 16.0. The number of aromatic nitrogens is 2. The first-order valence-corrected chi connectivity index (χ1v) is 11.1. The molecule has 9 heteroatoms. The van der Waals surface area contributed by atoms with Gasteiger partial charge in [-0.1, -0.05) is 30.7 Å². The normalized spacial score (nSPS) is 15.2. The molecule has 4 N–H and O–H groups in total. The van der Waals surface area contributed by atoms with E-state index >= 15 is 0 Å². The van der Waals surface area contributed by atoms with Crippen LogP contribution in [0.3, 0.4) is 0 Å². The van der Waals surface area contributed by atoms with Crippen molar-refractivity contribution in [3.63, 3.8) is 0 Å². The van der Waals surface area contributed by atoms with E-state index < -0.39 is 0 Å². The Hall–Kier alpha value is -3.49. The van der Waals surface area contributed by atoms with Crippen molar-refractivity contribution < 1.29 is 9.59 Å². The molecule has 2 amide bonds. The number of nitrogens with two attached hydrogens (primary N) is 1. The van der Waals surface area contributed by atoms with Crippen LogP contribution in [0.1, 0.15) is 23.7 Å². The average Bonchev–Trinajstić information content (AvgIpc) is 2.85. The van der Waals surface area contributed by atoms with Gasteiger partial charge in [-0.3, -0.25) is 9.59 Å². The quantitative estimate of drug-likeness (QED) is 0.496. The molecular formula is C24H27ClN6O2. The van der Waals surface area contributed by atoms with Crippen LogP contribution >= 0.6 is 11.6 Å². The largest absolute Gasteiger partial charge is 0.372 e. The molecule has 8 nitrogen and oxygen atoms in total. The zero-order chi connectivity index (χ0) is 23.6. The standard InChI is InChI=1S/C23H24ClN5O.CH3NO/c1-2-19-15-29(14-13-25-19)22(30)17-5-9-20(10-6-17)27-23-26-12-11-21(28-23)16-3-7-18(24)8-4-16;2-1-3/h3-12,19,25H,2,13-15H2,1H3,(H,26,27,28);1H,(H2,2,3). The molecule has 0 saturated carbocycles. The second-order valence-electron chi connectivity index (χ2n) is 7.42. The summed E-state index contributed by atoms with van der Waals surface area (Å²) in [5.74, 6) is 0.567. The molecular weight excluding hydrogens is 440 g/mol. The monoisotopic (exact) mass is 466 g/mol. The zero-order valence-electron chi connectivity index (χ0n) is 18.4. The number of nitrogens with one attached hydrogen (secondary N) is 2. The van der Waals surface area contributed by atoms with Crippen molar-refractivity contribution in [3.8, 4) is 11.3 Å². The van der Waals surface area contributed by atoms with E-state index in [1.807, 2.05) is 59.5 Å². The summed E-state index contributed by atoms with van der Waals surface area (Å²) in [6.07, 6.45) is 2.98. The van der Waals surface area contributed by atoms with E-state index in [9.17, 15) is 4.79 Å². The summed E-state index contributed by atoms with van der Waals surface area (Å²) in [7, 11) is 0. The van der Waals surface area contributed by atoms with Gasteiger partial charge in [0.05, 0.1) is 5.69 Å². The van der Waals surface area contributed by atoms with Crippen molar-refractivity contribution >= 4 is 35.6 Å². The van der Waals surface area contributed by atoms with Gasteiger partial charge in [-0.15, -0.1) is 0 Å². The van der Waals surface area contributed by atoms with Gasteiger partial charge in [-0.2, -0.15) is 0 Å². The molecule has 1 saturated heterocycles. The Morgan fingerprint density at radius 3 is 2.58 bits per heavy atom. The summed E-state index contributed by atoms with van der Waals surface area (Å²) in [6, 6.07) is 17.2. The van der Waals surface area contributed by atoms with Crippen LogP contribution in [0, 0.1) is 0 Å². The molecule has 1 unspecified atom stereocenters. The minimum absolute atomic E-state index is 0.0717. The SMILES string of the molecule is CCC1CN(C(=O)c2ccc(Nc3nccc(-c4ccc(Cl)cc4)n3)cc2)CCN1.NC=O. The van der Waals surface area contributed by atoms with Gasteiger partial charge in [0.15, 0.2) is 0 Å². The number of benzene rings is 2. The fourth-order valence-electron chi connectivity index (χ4n) is 3.49. The Labute approximate surface area is 198 Å². The second kappa shape index (κ2) is 11.9. The number of amides is 2. The lowest BCUT2D eigenvalue weighted by atomic mass is 10.1. The van der Waals surface area contributed by atoms with Crippen LogP contribution in [0.25, 0.3) is 11.3 Å². The Morgan fingerprint density at radius 1 is 1.21 bits per heavy atom. The van der Waals surface area contributed by atoms with Gasteiger partial charge in [0.2, 0.25) is 12.4 Å². The fourth-order valence-corrected chi connectivity index (χ4v) is 3.62. The molecule has 1 aliphatic heterocycles. The number of nitrogens with zero attached hydrogens (tertiary/aromatic N) is 3. The summed E-state index contributed by atoms with van der Waals surface area (Å²) in [5.41, 5.74) is 7.45. The lowest BCUT2D eigenvalue weighted by Gasteiger charge is -2.33. The summed E-state index contributed by atoms with van der Waals surface area (Å²) in [5, 5.41) is 7.33. The average molecular weight is 467 g/mol. The first-order valence-electron chi connectivity index (χ1n) is 10.7. The third kappa shape index (κ3) is 6.74. The summed E-state index contributed by atoms with van der Waals surface area (Å²) >= 11 is 5.96. The van der Waals surface area contributed by atoms with Crippen LogP contribution in [0.2, 0.25) is 5.02 Å². The smallest absolute Gasteiger partial charge is 0.253 e. The van der Waals surface area contributed by atoms with Crippen LogP contribution in [0.15, 0.2) is 60.8 Å². The van der Waals surface area contributed by atoms with E-state index in [1.54, 1.807) is 6.20 Å². The molecule has 0 bridgehead atoms.